The number of amides is 2. The predicted octanol–water partition coefficient (Wildman–Crippen LogP) is 2.58. The van der Waals surface area contributed by atoms with Crippen LogP contribution in [0.4, 0.5) is 0 Å². The summed E-state index contributed by atoms with van der Waals surface area (Å²) in [6.45, 7) is 10.3. The summed E-state index contributed by atoms with van der Waals surface area (Å²) in [6, 6.07) is 10.4. The van der Waals surface area contributed by atoms with Crippen LogP contribution in [0.2, 0.25) is 0 Å². The van der Waals surface area contributed by atoms with Gasteiger partial charge in [0.25, 0.3) is 0 Å². The molecule has 0 bridgehead atoms. The number of aromatic nitrogens is 2. The molecule has 1 unspecified atom stereocenters. The van der Waals surface area contributed by atoms with Gasteiger partial charge >= 0.3 is 0 Å². The zero-order valence-corrected chi connectivity index (χ0v) is 19.6. The molecular formula is C25H35N5O2. The van der Waals surface area contributed by atoms with Crippen LogP contribution >= 0.6 is 0 Å². The van der Waals surface area contributed by atoms with E-state index in [1.165, 1.54) is 6.42 Å². The molecule has 0 N–H and O–H groups in total. The summed E-state index contributed by atoms with van der Waals surface area (Å²) in [5.41, 5.74) is 3.94. The fourth-order valence-electron chi connectivity index (χ4n) is 4.92. The number of benzene rings is 1. The van der Waals surface area contributed by atoms with Gasteiger partial charge in [0, 0.05) is 50.0 Å². The molecule has 2 amide bonds. The van der Waals surface area contributed by atoms with Gasteiger partial charge in [-0.2, -0.15) is 5.10 Å². The molecule has 1 aromatic heterocycles. The van der Waals surface area contributed by atoms with Crippen molar-refractivity contribution in [3.05, 3.63) is 47.3 Å². The Morgan fingerprint density at radius 3 is 2.38 bits per heavy atom. The van der Waals surface area contributed by atoms with Crippen molar-refractivity contribution >= 4 is 11.8 Å². The van der Waals surface area contributed by atoms with Crippen LogP contribution in [0.1, 0.15) is 43.1 Å². The number of hydrogen-bond acceptors (Lipinski definition) is 4. The van der Waals surface area contributed by atoms with Crippen molar-refractivity contribution in [1.82, 2.24) is 24.5 Å². The number of para-hydroxylation sites is 1. The van der Waals surface area contributed by atoms with Crippen molar-refractivity contribution in [3.8, 4) is 5.69 Å². The molecule has 1 atom stereocenters. The number of piperidine rings is 1. The largest absolute Gasteiger partial charge is 0.340 e. The van der Waals surface area contributed by atoms with Crippen molar-refractivity contribution in [1.29, 1.82) is 0 Å². The summed E-state index contributed by atoms with van der Waals surface area (Å²) in [5, 5.41) is 4.67. The smallest absolute Gasteiger partial charge is 0.236 e. The maximum absolute atomic E-state index is 13.0. The number of nitrogens with zero attached hydrogens (tertiary/aromatic N) is 5. The summed E-state index contributed by atoms with van der Waals surface area (Å²) in [5.74, 6) is 0.371. The van der Waals surface area contributed by atoms with E-state index >= 15 is 0 Å². The van der Waals surface area contributed by atoms with Gasteiger partial charge in [-0.3, -0.25) is 14.5 Å². The van der Waals surface area contributed by atoms with Crippen LogP contribution in [0.3, 0.4) is 0 Å². The van der Waals surface area contributed by atoms with E-state index in [9.17, 15) is 9.59 Å². The Balaban J connectivity index is 1.31. The predicted molar refractivity (Wildman–Crippen MR) is 125 cm³/mol. The molecule has 2 aliphatic rings. The number of hydrogen-bond donors (Lipinski definition) is 0. The van der Waals surface area contributed by atoms with Crippen LogP contribution < -0.4 is 0 Å². The van der Waals surface area contributed by atoms with Gasteiger partial charge in [0.1, 0.15) is 0 Å². The normalized spacial score (nSPS) is 19.9. The highest BCUT2D eigenvalue weighted by molar-refractivity contribution is 5.80. The second-order valence-corrected chi connectivity index (χ2v) is 9.16. The minimum absolute atomic E-state index is 0.138. The van der Waals surface area contributed by atoms with E-state index < -0.39 is 0 Å². The Morgan fingerprint density at radius 2 is 1.69 bits per heavy atom. The maximum atomic E-state index is 13.0. The fourth-order valence-corrected chi connectivity index (χ4v) is 4.92. The number of aryl methyl sites for hydroxylation is 1. The molecule has 0 saturated carbocycles. The quantitative estimate of drug-likeness (QED) is 0.721. The van der Waals surface area contributed by atoms with Gasteiger partial charge in [0.2, 0.25) is 11.8 Å². The molecule has 4 rings (SSSR count). The molecule has 32 heavy (non-hydrogen) atoms. The molecule has 2 aliphatic heterocycles. The van der Waals surface area contributed by atoms with E-state index in [0.29, 0.717) is 32.1 Å². The van der Waals surface area contributed by atoms with E-state index in [1.54, 1.807) is 0 Å². The first kappa shape index (κ1) is 22.5. The van der Waals surface area contributed by atoms with E-state index in [1.807, 2.05) is 58.7 Å². The minimum atomic E-state index is 0.138. The molecule has 2 saturated heterocycles. The SMILES string of the molecule is Cc1nn(-c2ccccc2)c(C)c1CC(=O)N1CCN(CC(=O)N2CCCCC2C)CC1. The van der Waals surface area contributed by atoms with Crippen LogP contribution in [0.25, 0.3) is 5.69 Å². The van der Waals surface area contributed by atoms with Gasteiger partial charge in [0.05, 0.1) is 24.3 Å². The van der Waals surface area contributed by atoms with Crippen molar-refractivity contribution in [2.45, 2.75) is 52.5 Å². The Hall–Kier alpha value is -2.67. The number of likely N-dealkylation sites (tertiary alicyclic amines) is 1. The van der Waals surface area contributed by atoms with Gasteiger partial charge in [-0.25, -0.2) is 4.68 Å². The lowest BCUT2D eigenvalue weighted by atomic mass is 10.0. The molecule has 172 valence electrons. The second-order valence-electron chi connectivity index (χ2n) is 9.16. The van der Waals surface area contributed by atoms with Crippen molar-refractivity contribution in [2.24, 2.45) is 0 Å². The van der Waals surface area contributed by atoms with Gasteiger partial charge in [0.15, 0.2) is 0 Å². The molecule has 0 radical (unpaired) electrons. The molecular weight excluding hydrogens is 402 g/mol. The first-order valence-electron chi connectivity index (χ1n) is 11.8. The number of carbonyl (C=O) groups excluding carboxylic acids is 2. The van der Waals surface area contributed by atoms with Gasteiger partial charge in [-0.15, -0.1) is 0 Å². The monoisotopic (exact) mass is 437 g/mol. The molecule has 0 aliphatic carbocycles. The first-order chi connectivity index (χ1) is 15.4. The third-order valence-electron chi connectivity index (χ3n) is 6.98. The first-order valence-corrected chi connectivity index (χ1v) is 11.8. The van der Waals surface area contributed by atoms with Crippen molar-refractivity contribution < 1.29 is 9.59 Å². The topological polar surface area (TPSA) is 61.7 Å². The lowest BCUT2D eigenvalue weighted by Gasteiger charge is -2.38. The summed E-state index contributed by atoms with van der Waals surface area (Å²) in [6.07, 6.45) is 3.80. The molecule has 1 aromatic carbocycles. The lowest BCUT2D eigenvalue weighted by molar-refractivity contribution is -0.137. The zero-order valence-electron chi connectivity index (χ0n) is 19.6. The average molecular weight is 438 g/mol. The van der Waals surface area contributed by atoms with E-state index in [0.717, 1.165) is 55.1 Å². The standard InChI is InChI=1S/C25H35N5O2/c1-19-9-7-8-12-29(19)25(32)18-27-13-15-28(16-14-27)24(31)17-23-20(2)26-30(21(23)3)22-10-5-4-6-11-22/h4-6,10-11,19H,7-9,12-18H2,1-3H3. The van der Waals surface area contributed by atoms with E-state index in [-0.39, 0.29) is 11.8 Å². The van der Waals surface area contributed by atoms with Crippen LogP contribution in [-0.2, 0) is 16.0 Å². The third-order valence-corrected chi connectivity index (χ3v) is 6.98. The van der Waals surface area contributed by atoms with Crippen LogP contribution in [0, 0.1) is 13.8 Å². The third kappa shape index (κ3) is 4.88. The Bertz CT molecular complexity index is 947. The van der Waals surface area contributed by atoms with Crippen LogP contribution in [0.5, 0.6) is 0 Å². The molecule has 7 heteroatoms. The number of carbonyl (C=O) groups is 2. The Morgan fingerprint density at radius 1 is 0.969 bits per heavy atom. The molecule has 3 heterocycles. The van der Waals surface area contributed by atoms with Gasteiger partial charge in [-0.1, -0.05) is 18.2 Å². The molecule has 7 nitrogen and oxygen atoms in total. The highest BCUT2D eigenvalue weighted by Crippen LogP contribution is 2.20. The van der Waals surface area contributed by atoms with E-state index in [4.69, 9.17) is 0 Å². The van der Waals surface area contributed by atoms with E-state index in [2.05, 4.69) is 16.9 Å². The zero-order chi connectivity index (χ0) is 22.7. The summed E-state index contributed by atoms with van der Waals surface area (Å²) < 4.78 is 1.92. The fraction of sp³-hybridized carbons (Fsp3) is 0.560. The summed E-state index contributed by atoms with van der Waals surface area (Å²) in [4.78, 5) is 31.9. The highest BCUT2D eigenvalue weighted by atomic mass is 16.2. The Labute approximate surface area is 191 Å². The minimum Gasteiger partial charge on any atom is -0.340 e. The van der Waals surface area contributed by atoms with Gasteiger partial charge < -0.3 is 9.80 Å². The maximum Gasteiger partial charge on any atom is 0.236 e. The lowest BCUT2D eigenvalue weighted by Crippen LogP contribution is -2.53. The molecule has 2 fully saturated rings. The summed E-state index contributed by atoms with van der Waals surface area (Å²) >= 11 is 0. The molecule has 0 spiro atoms. The van der Waals surface area contributed by atoms with Crippen LogP contribution in [0.15, 0.2) is 30.3 Å². The summed E-state index contributed by atoms with van der Waals surface area (Å²) in [7, 11) is 0. The van der Waals surface area contributed by atoms with Crippen LogP contribution in [-0.4, -0.2) is 81.6 Å². The number of piperazine rings is 1. The van der Waals surface area contributed by atoms with Crippen molar-refractivity contribution in [3.63, 3.8) is 0 Å². The second kappa shape index (κ2) is 9.86. The highest BCUT2D eigenvalue weighted by Gasteiger charge is 2.28. The Kier molecular flexibility index (Phi) is 6.94. The van der Waals surface area contributed by atoms with Gasteiger partial charge in [-0.05, 0) is 52.2 Å². The van der Waals surface area contributed by atoms with Crippen molar-refractivity contribution in [2.75, 3.05) is 39.3 Å². The average Bonchev–Trinajstić information content (AvgIpc) is 3.08. The molecule has 2 aromatic rings. The number of rotatable bonds is 5.